The van der Waals surface area contributed by atoms with Crippen LogP contribution in [0.1, 0.15) is 33.6 Å². The first-order chi connectivity index (χ1) is 8.81. The van der Waals surface area contributed by atoms with Gasteiger partial charge in [-0.1, -0.05) is 13.8 Å². The molecule has 0 bridgehead atoms. The van der Waals surface area contributed by atoms with Gasteiger partial charge in [0.05, 0.1) is 13.2 Å². The summed E-state index contributed by atoms with van der Waals surface area (Å²) in [6, 6.07) is 1.08. The number of esters is 1. The zero-order valence-corrected chi connectivity index (χ0v) is 11.8. The van der Waals surface area contributed by atoms with E-state index in [2.05, 4.69) is 10.1 Å². The maximum Gasteiger partial charge on any atom is 0.328 e. The lowest BCUT2D eigenvalue weighted by molar-refractivity contribution is -0.146. The van der Waals surface area contributed by atoms with E-state index in [-0.39, 0.29) is 12.3 Å². The predicted molar refractivity (Wildman–Crippen MR) is 68.8 cm³/mol. The van der Waals surface area contributed by atoms with E-state index in [0.29, 0.717) is 6.42 Å². The Morgan fingerprint density at radius 2 is 1.89 bits per heavy atom. The maximum atomic E-state index is 11.7. The molecule has 0 aliphatic heterocycles. The SMILES string of the molecule is COC(=O)[C@H](C[C@H](C)C#N)NC(=O)[C@H](O)CC(C)C. The number of rotatable bonds is 7. The average Bonchev–Trinajstić information content (AvgIpc) is 2.35. The van der Waals surface area contributed by atoms with Gasteiger partial charge in [-0.05, 0) is 25.7 Å². The molecule has 0 fully saturated rings. The molecule has 0 aliphatic carbocycles. The minimum atomic E-state index is -1.16. The van der Waals surface area contributed by atoms with Crippen LogP contribution in [-0.4, -0.2) is 36.2 Å². The number of ether oxygens (including phenoxy) is 1. The van der Waals surface area contributed by atoms with Gasteiger partial charge < -0.3 is 15.2 Å². The lowest BCUT2D eigenvalue weighted by Gasteiger charge is -2.20. The van der Waals surface area contributed by atoms with Crippen molar-refractivity contribution in [3.8, 4) is 6.07 Å². The number of carbonyl (C=O) groups is 2. The summed E-state index contributed by atoms with van der Waals surface area (Å²) in [6.45, 7) is 5.41. The van der Waals surface area contributed by atoms with Gasteiger partial charge in [-0.3, -0.25) is 4.79 Å². The van der Waals surface area contributed by atoms with Crippen molar-refractivity contribution >= 4 is 11.9 Å². The Hall–Kier alpha value is -1.61. The van der Waals surface area contributed by atoms with Crippen LogP contribution in [0.25, 0.3) is 0 Å². The van der Waals surface area contributed by atoms with Gasteiger partial charge in [0, 0.05) is 5.92 Å². The number of nitriles is 1. The molecule has 0 saturated carbocycles. The molecule has 0 radical (unpaired) electrons. The minimum absolute atomic E-state index is 0.156. The van der Waals surface area contributed by atoms with Crippen molar-refractivity contribution in [2.75, 3.05) is 7.11 Å². The van der Waals surface area contributed by atoms with Crippen LogP contribution >= 0.6 is 0 Å². The molecule has 0 aromatic carbocycles. The molecule has 0 aromatic rings. The van der Waals surface area contributed by atoms with Crippen molar-refractivity contribution in [2.24, 2.45) is 11.8 Å². The number of nitrogens with one attached hydrogen (secondary N) is 1. The van der Waals surface area contributed by atoms with Gasteiger partial charge in [-0.25, -0.2) is 4.79 Å². The minimum Gasteiger partial charge on any atom is -0.467 e. The molecular weight excluding hydrogens is 248 g/mol. The molecule has 0 unspecified atom stereocenters. The summed E-state index contributed by atoms with van der Waals surface area (Å²) >= 11 is 0. The first kappa shape index (κ1) is 17.4. The number of aliphatic hydroxyl groups is 1. The Balaban J connectivity index is 4.60. The third-order valence-corrected chi connectivity index (χ3v) is 2.61. The topological polar surface area (TPSA) is 99.4 Å². The molecule has 108 valence electrons. The van der Waals surface area contributed by atoms with Crippen molar-refractivity contribution in [2.45, 2.75) is 45.8 Å². The lowest BCUT2D eigenvalue weighted by atomic mass is 10.0. The molecule has 0 aromatic heterocycles. The number of hydrogen-bond donors (Lipinski definition) is 2. The second-order valence-corrected chi connectivity index (χ2v) is 5.00. The van der Waals surface area contributed by atoms with Crippen LogP contribution in [0.2, 0.25) is 0 Å². The van der Waals surface area contributed by atoms with Crippen LogP contribution in [0.4, 0.5) is 0 Å². The maximum absolute atomic E-state index is 11.7. The van der Waals surface area contributed by atoms with Crippen molar-refractivity contribution in [1.82, 2.24) is 5.32 Å². The average molecular weight is 270 g/mol. The molecule has 0 aliphatic rings. The van der Waals surface area contributed by atoms with Crippen LogP contribution in [0.5, 0.6) is 0 Å². The molecule has 2 N–H and O–H groups in total. The molecule has 0 spiro atoms. The Morgan fingerprint density at radius 3 is 2.32 bits per heavy atom. The number of nitrogens with zero attached hydrogens (tertiary/aromatic N) is 1. The fraction of sp³-hybridized carbons (Fsp3) is 0.769. The number of amides is 1. The van der Waals surface area contributed by atoms with Crippen molar-refractivity contribution in [3.63, 3.8) is 0 Å². The molecule has 6 heteroatoms. The van der Waals surface area contributed by atoms with Gasteiger partial charge >= 0.3 is 5.97 Å². The van der Waals surface area contributed by atoms with Crippen molar-refractivity contribution in [1.29, 1.82) is 5.26 Å². The van der Waals surface area contributed by atoms with Crippen molar-refractivity contribution in [3.05, 3.63) is 0 Å². The van der Waals surface area contributed by atoms with E-state index in [4.69, 9.17) is 5.26 Å². The van der Waals surface area contributed by atoms with Gasteiger partial charge in [-0.15, -0.1) is 0 Å². The summed E-state index contributed by atoms with van der Waals surface area (Å²) in [5, 5.41) is 20.8. The molecule has 0 heterocycles. The summed E-state index contributed by atoms with van der Waals surface area (Å²) in [6.07, 6.45) is -0.693. The highest BCUT2D eigenvalue weighted by Gasteiger charge is 2.26. The lowest BCUT2D eigenvalue weighted by Crippen LogP contribution is -2.46. The molecule has 1 amide bonds. The third kappa shape index (κ3) is 6.77. The third-order valence-electron chi connectivity index (χ3n) is 2.61. The van der Waals surface area contributed by atoms with Gasteiger partial charge in [-0.2, -0.15) is 5.26 Å². The van der Waals surface area contributed by atoms with Crippen LogP contribution in [-0.2, 0) is 14.3 Å². The van der Waals surface area contributed by atoms with E-state index in [9.17, 15) is 14.7 Å². The number of hydrogen-bond acceptors (Lipinski definition) is 5. The van der Waals surface area contributed by atoms with Crippen LogP contribution in [0.15, 0.2) is 0 Å². The highest BCUT2D eigenvalue weighted by Crippen LogP contribution is 2.09. The first-order valence-electron chi connectivity index (χ1n) is 6.27. The zero-order valence-electron chi connectivity index (χ0n) is 11.8. The fourth-order valence-corrected chi connectivity index (χ4v) is 1.58. The first-order valence-corrected chi connectivity index (χ1v) is 6.27. The van der Waals surface area contributed by atoms with E-state index in [1.807, 2.05) is 19.9 Å². The van der Waals surface area contributed by atoms with Gasteiger partial charge in [0.25, 0.3) is 0 Å². The summed E-state index contributed by atoms with van der Waals surface area (Å²) in [7, 11) is 1.21. The quantitative estimate of drug-likeness (QED) is 0.660. The highest BCUT2D eigenvalue weighted by molar-refractivity contribution is 5.86. The van der Waals surface area contributed by atoms with E-state index in [1.165, 1.54) is 7.11 Å². The predicted octanol–water partition coefficient (Wildman–Crippen LogP) is 0.601. The Morgan fingerprint density at radius 1 is 1.32 bits per heavy atom. The van der Waals surface area contributed by atoms with Crippen LogP contribution in [0, 0.1) is 23.2 Å². The normalized spacial score (nSPS) is 15.2. The molecule has 6 nitrogen and oxygen atoms in total. The summed E-state index contributed by atoms with van der Waals surface area (Å²) in [5.74, 6) is -1.47. The summed E-state index contributed by atoms with van der Waals surface area (Å²) < 4.78 is 4.57. The summed E-state index contributed by atoms with van der Waals surface area (Å²) in [5.41, 5.74) is 0. The Bertz CT molecular complexity index is 349. The summed E-state index contributed by atoms with van der Waals surface area (Å²) in [4.78, 5) is 23.2. The van der Waals surface area contributed by atoms with Gasteiger partial charge in [0.1, 0.15) is 12.1 Å². The van der Waals surface area contributed by atoms with E-state index in [1.54, 1.807) is 6.92 Å². The largest absolute Gasteiger partial charge is 0.467 e. The monoisotopic (exact) mass is 270 g/mol. The van der Waals surface area contributed by atoms with Gasteiger partial charge in [0.15, 0.2) is 0 Å². The number of methoxy groups -OCH3 is 1. The highest BCUT2D eigenvalue weighted by atomic mass is 16.5. The second-order valence-electron chi connectivity index (χ2n) is 5.00. The fourth-order valence-electron chi connectivity index (χ4n) is 1.58. The second kappa shape index (κ2) is 8.48. The van der Waals surface area contributed by atoms with Crippen molar-refractivity contribution < 1.29 is 19.4 Å². The molecule has 3 atom stereocenters. The van der Waals surface area contributed by atoms with Crippen LogP contribution < -0.4 is 5.32 Å². The standard InChI is InChI=1S/C13H22N2O4/c1-8(2)5-11(16)12(17)15-10(13(18)19-4)6-9(3)7-14/h8-11,16H,5-6H2,1-4H3,(H,15,17)/t9-,10-,11+/m0/s1. The molecular formula is C13H22N2O4. The van der Waals surface area contributed by atoms with Crippen LogP contribution in [0.3, 0.4) is 0 Å². The van der Waals surface area contributed by atoms with Gasteiger partial charge in [0.2, 0.25) is 5.91 Å². The zero-order chi connectivity index (χ0) is 15.0. The Labute approximate surface area is 113 Å². The molecule has 0 saturated heterocycles. The smallest absolute Gasteiger partial charge is 0.328 e. The van der Waals surface area contributed by atoms with E-state index >= 15 is 0 Å². The van der Waals surface area contributed by atoms with E-state index in [0.717, 1.165) is 0 Å². The van der Waals surface area contributed by atoms with E-state index < -0.39 is 29.9 Å². The molecule has 19 heavy (non-hydrogen) atoms. The Kier molecular flexibility index (Phi) is 7.77. The number of carbonyl (C=O) groups excluding carboxylic acids is 2. The number of aliphatic hydroxyl groups excluding tert-OH is 1. The molecule has 0 rings (SSSR count).